The minimum Gasteiger partial charge on any atom is -0.368 e. The molecule has 0 amide bonds. The number of aromatic nitrogens is 1. The fourth-order valence-electron chi connectivity index (χ4n) is 2.58. The first kappa shape index (κ1) is 13.5. The van der Waals surface area contributed by atoms with Gasteiger partial charge in [-0.2, -0.15) is 0 Å². The number of hydrogen-bond acceptors (Lipinski definition) is 4. The Kier molecular flexibility index (Phi) is 4.00. The summed E-state index contributed by atoms with van der Waals surface area (Å²) < 4.78 is 5.93. The highest BCUT2D eigenvalue weighted by Crippen LogP contribution is 2.21. The van der Waals surface area contributed by atoms with Crippen molar-refractivity contribution in [1.82, 2.24) is 9.88 Å². The van der Waals surface area contributed by atoms with Gasteiger partial charge < -0.3 is 10.5 Å². The standard InChI is InChI=1S/C14H23N3O/c1-11-5-4-6-12(16-11)8-17-9-13(7-15)18-14(2,3)10-17/h4-6,13H,7-10,15H2,1-3H3. The third kappa shape index (κ3) is 3.51. The van der Waals surface area contributed by atoms with Crippen LogP contribution in [0.5, 0.6) is 0 Å². The molecule has 1 unspecified atom stereocenters. The molecule has 1 saturated heterocycles. The second kappa shape index (κ2) is 5.34. The first-order chi connectivity index (χ1) is 8.48. The normalized spacial score (nSPS) is 24.1. The molecule has 0 aliphatic carbocycles. The molecular formula is C14H23N3O. The summed E-state index contributed by atoms with van der Waals surface area (Å²) in [7, 11) is 0. The van der Waals surface area contributed by atoms with Crippen LogP contribution in [0.25, 0.3) is 0 Å². The zero-order valence-corrected chi connectivity index (χ0v) is 11.5. The van der Waals surface area contributed by atoms with Crippen molar-refractivity contribution >= 4 is 0 Å². The van der Waals surface area contributed by atoms with Gasteiger partial charge in [-0.25, -0.2) is 0 Å². The number of morpholine rings is 1. The van der Waals surface area contributed by atoms with Crippen molar-refractivity contribution in [2.45, 2.75) is 39.0 Å². The van der Waals surface area contributed by atoms with E-state index < -0.39 is 0 Å². The van der Waals surface area contributed by atoms with Gasteiger partial charge in [-0.1, -0.05) is 6.07 Å². The van der Waals surface area contributed by atoms with E-state index in [1.165, 1.54) is 0 Å². The molecule has 1 aliphatic rings. The molecular weight excluding hydrogens is 226 g/mol. The average Bonchev–Trinajstić information content (AvgIpc) is 2.26. The van der Waals surface area contributed by atoms with E-state index in [9.17, 15) is 0 Å². The molecule has 4 heteroatoms. The molecule has 1 aromatic heterocycles. The summed E-state index contributed by atoms with van der Waals surface area (Å²) in [6.45, 7) is 9.49. The van der Waals surface area contributed by atoms with Crippen LogP contribution in [0.3, 0.4) is 0 Å². The molecule has 2 rings (SSSR count). The summed E-state index contributed by atoms with van der Waals surface area (Å²) in [5, 5.41) is 0. The number of hydrogen-bond donors (Lipinski definition) is 1. The van der Waals surface area contributed by atoms with Gasteiger partial charge in [0.25, 0.3) is 0 Å². The van der Waals surface area contributed by atoms with Gasteiger partial charge in [0.2, 0.25) is 0 Å². The third-order valence-electron chi connectivity index (χ3n) is 3.15. The molecule has 2 heterocycles. The predicted molar refractivity (Wildman–Crippen MR) is 72.3 cm³/mol. The Balaban J connectivity index is 2.04. The van der Waals surface area contributed by atoms with Gasteiger partial charge >= 0.3 is 0 Å². The van der Waals surface area contributed by atoms with Crippen LogP contribution >= 0.6 is 0 Å². The molecule has 18 heavy (non-hydrogen) atoms. The van der Waals surface area contributed by atoms with Crippen LogP contribution < -0.4 is 5.73 Å². The maximum atomic E-state index is 5.93. The maximum Gasteiger partial charge on any atom is 0.0831 e. The van der Waals surface area contributed by atoms with Gasteiger partial charge in [0.15, 0.2) is 0 Å². The molecule has 0 spiro atoms. The smallest absolute Gasteiger partial charge is 0.0831 e. The SMILES string of the molecule is Cc1cccc(CN2CC(CN)OC(C)(C)C2)n1. The van der Waals surface area contributed by atoms with Crippen LogP contribution in [0.4, 0.5) is 0 Å². The fourth-order valence-corrected chi connectivity index (χ4v) is 2.58. The molecule has 1 aromatic rings. The molecule has 1 atom stereocenters. The summed E-state index contributed by atoms with van der Waals surface area (Å²) in [4.78, 5) is 6.93. The van der Waals surface area contributed by atoms with Crippen LogP contribution in [0, 0.1) is 6.92 Å². The summed E-state index contributed by atoms with van der Waals surface area (Å²) >= 11 is 0. The summed E-state index contributed by atoms with van der Waals surface area (Å²) in [6, 6.07) is 6.16. The van der Waals surface area contributed by atoms with Crippen molar-refractivity contribution in [1.29, 1.82) is 0 Å². The van der Waals surface area contributed by atoms with Gasteiger partial charge in [-0.05, 0) is 32.9 Å². The highest BCUT2D eigenvalue weighted by Gasteiger charge is 2.32. The zero-order chi connectivity index (χ0) is 13.2. The van der Waals surface area contributed by atoms with E-state index in [4.69, 9.17) is 10.5 Å². The van der Waals surface area contributed by atoms with Gasteiger partial charge in [-0.15, -0.1) is 0 Å². The Morgan fingerprint density at radius 3 is 2.94 bits per heavy atom. The Bertz CT molecular complexity index is 406. The minimum absolute atomic E-state index is 0.124. The molecule has 1 aliphatic heterocycles. The molecule has 0 saturated carbocycles. The highest BCUT2D eigenvalue weighted by molar-refractivity contribution is 5.10. The first-order valence-corrected chi connectivity index (χ1v) is 6.51. The lowest BCUT2D eigenvalue weighted by molar-refractivity contribution is -0.134. The van der Waals surface area contributed by atoms with Gasteiger partial charge in [0.1, 0.15) is 0 Å². The first-order valence-electron chi connectivity index (χ1n) is 6.51. The summed E-state index contributed by atoms with van der Waals surface area (Å²) in [6.07, 6.45) is 0.124. The number of rotatable bonds is 3. The maximum absolute atomic E-state index is 5.93. The van der Waals surface area contributed by atoms with Gasteiger partial charge in [0, 0.05) is 31.9 Å². The van der Waals surface area contributed by atoms with E-state index in [2.05, 4.69) is 35.9 Å². The quantitative estimate of drug-likeness (QED) is 0.878. The average molecular weight is 249 g/mol. The monoisotopic (exact) mass is 249 g/mol. The van der Waals surface area contributed by atoms with Crippen LogP contribution in [-0.2, 0) is 11.3 Å². The van der Waals surface area contributed by atoms with Crippen molar-refractivity contribution in [3.05, 3.63) is 29.6 Å². The van der Waals surface area contributed by atoms with Gasteiger partial charge in [-0.3, -0.25) is 9.88 Å². The summed E-state index contributed by atoms with van der Waals surface area (Å²) in [5.41, 5.74) is 7.78. The van der Waals surface area contributed by atoms with E-state index in [-0.39, 0.29) is 11.7 Å². The molecule has 0 bridgehead atoms. The molecule has 2 N–H and O–H groups in total. The minimum atomic E-state index is -0.133. The van der Waals surface area contributed by atoms with Gasteiger partial charge in [0.05, 0.1) is 17.4 Å². The van der Waals surface area contributed by atoms with E-state index in [0.29, 0.717) is 6.54 Å². The number of nitrogens with two attached hydrogens (primary N) is 1. The van der Waals surface area contributed by atoms with Crippen LogP contribution in [0.1, 0.15) is 25.2 Å². The van der Waals surface area contributed by atoms with Crippen molar-refractivity contribution < 1.29 is 4.74 Å². The number of nitrogens with zero attached hydrogens (tertiary/aromatic N) is 2. The van der Waals surface area contributed by atoms with Crippen molar-refractivity contribution in [2.75, 3.05) is 19.6 Å². The van der Waals surface area contributed by atoms with Crippen molar-refractivity contribution in [3.63, 3.8) is 0 Å². The van der Waals surface area contributed by atoms with Crippen molar-refractivity contribution in [3.8, 4) is 0 Å². The molecule has 0 radical (unpaired) electrons. The number of ether oxygens (including phenoxy) is 1. The van der Waals surface area contributed by atoms with Crippen LogP contribution in [0.2, 0.25) is 0 Å². The molecule has 0 aromatic carbocycles. The Morgan fingerprint density at radius 2 is 2.28 bits per heavy atom. The fraction of sp³-hybridized carbons (Fsp3) is 0.643. The van der Waals surface area contributed by atoms with Crippen LogP contribution in [-0.4, -0.2) is 41.2 Å². The molecule has 1 fully saturated rings. The second-order valence-corrected chi connectivity index (χ2v) is 5.68. The Morgan fingerprint density at radius 1 is 1.50 bits per heavy atom. The second-order valence-electron chi connectivity index (χ2n) is 5.68. The Labute approximate surface area is 109 Å². The topological polar surface area (TPSA) is 51.4 Å². The Hall–Kier alpha value is -0.970. The van der Waals surface area contributed by atoms with E-state index in [1.807, 2.05) is 13.0 Å². The van der Waals surface area contributed by atoms with Crippen molar-refractivity contribution in [2.24, 2.45) is 5.73 Å². The highest BCUT2D eigenvalue weighted by atomic mass is 16.5. The number of pyridine rings is 1. The third-order valence-corrected chi connectivity index (χ3v) is 3.15. The van der Waals surface area contributed by atoms with E-state index >= 15 is 0 Å². The lowest BCUT2D eigenvalue weighted by atomic mass is 10.0. The lowest BCUT2D eigenvalue weighted by Gasteiger charge is -2.42. The lowest BCUT2D eigenvalue weighted by Crippen LogP contribution is -2.54. The zero-order valence-electron chi connectivity index (χ0n) is 11.5. The predicted octanol–water partition coefficient (Wildman–Crippen LogP) is 1.33. The number of aryl methyl sites for hydroxylation is 1. The van der Waals surface area contributed by atoms with E-state index in [0.717, 1.165) is 31.0 Å². The molecule has 100 valence electrons. The molecule has 4 nitrogen and oxygen atoms in total. The summed E-state index contributed by atoms with van der Waals surface area (Å²) in [5.74, 6) is 0. The largest absolute Gasteiger partial charge is 0.368 e. The van der Waals surface area contributed by atoms with E-state index in [1.54, 1.807) is 0 Å². The van der Waals surface area contributed by atoms with Crippen LogP contribution in [0.15, 0.2) is 18.2 Å².